The summed E-state index contributed by atoms with van der Waals surface area (Å²) >= 11 is 5.98. The Balaban J connectivity index is 1.68. The number of carbonyl (C=O) groups excluding carboxylic acids is 2. The molecule has 6 heteroatoms. The van der Waals surface area contributed by atoms with E-state index >= 15 is 0 Å². The lowest BCUT2D eigenvalue weighted by Crippen LogP contribution is -2.35. The van der Waals surface area contributed by atoms with Crippen molar-refractivity contribution in [2.24, 2.45) is 0 Å². The smallest absolute Gasteiger partial charge is 0.287 e. The quantitative estimate of drug-likeness (QED) is 0.802. The van der Waals surface area contributed by atoms with E-state index in [-0.39, 0.29) is 24.0 Å². The number of furan rings is 1. The summed E-state index contributed by atoms with van der Waals surface area (Å²) in [4.78, 5) is 23.3. The van der Waals surface area contributed by atoms with Gasteiger partial charge in [-0.2, -0.15) is 0 Å². The van der Waals surface area contributed by atoms with Gasteiger partial charge in [0.1, 0.15) is 0 Å². The van der Waals surface area contributed by atoms with Gasteiger partial charge in [0, 0.05) is 18.1 Å². The van der Waals surface area contributed by atoms with E-state index in [2.05, 4.69) is 10.6 Å². The van der Waals surface area contributed by atoms with Crippen LogP contribution in [0.25, 0.3) is 0 Å². The molecule has 2 amide bonds. The molecule has 0 saturated heterocycles. The highest BCUT2D eigenvalue weighted by atomic mass is 35.5. The minimum atomic E-state index is -0.305. The van der Waals surface area contributed by atoms with E-state index in [1.54, 1.807) is 24.3 Å². The molecule has 0 aliphatic rings. The number of nitrogens with one attached hydrogen (secondary N) is 2. The largest absolute Gasteiger partial charge is 0.459 e. The molecule has 0 saturated carbocycles. The molecule has 110 valence electrons. The highest BCUT2D eigenvalue weighted by Gasteiger charge is 2.08. The van der Waals surface area contributed by atoms with Gasteiger partial charge in [0.25, 0.3) is 5.91 Å². The Hall–Kier alpha value is -2.27. The Labute approximate surface area is 127 Å². The SMILES string of the molecule is O=C(Cc1ccccc1Cl)NCCNC(=O)c1ccco1. The van der Waals surface area contributed by atoms with Crippen molar-refractivity contribution in [3.05, 3.63) is 59.0 Å². The molecule has 0 aliphatic heterocycles. The van der Waals surface area contributed by atoms with Crippen LogP contribution in [-0.4, -0.2) is 24.9 Å². The topological polar surface area (TPSA) is 71.3 Å². The normalized spacial score (nSPS) is 10.1. The maximum absolute atomic E-state index is 11.7. The Bertz CT molecular complexity index is 611. The molecule has 1 aromatic carbocycles. The van der Waals surface area contributed by atoms with Gasteiger partial charge in [0.15, 0.2) is 5.76 Å². The molecule has 21 heavy (non-hydrogen) atoms. The van der Waals surface area contributed by atoms with Crippen LogP contribution in [0.2, 0.25) is 5.02 Å². The van der Waals surface area contributed by atoms with E-state index in [4.69, 9.17) is 16.0 Å². The second-order valence-corrected chi connectivity index (χ2v) is 4.76. The van der Waals surface area contributed by atoms with Crippen molar-refractivity contribution >= 4 is 23.4 Å². The van der Waals surface area contributed by atoms with Crippen LogP contribution in [0.15, 0.2) is 47.1 Å². The number of hydrogen-bond donors (Lipinski definition) is 2. The molecule has 0 radical (unpaired) electrons. The Kier molecular flexibility index (Phi) is 5.40. The first-order chi connectivity index (χ1) is 10.2. The highest BCUT2D eigenvalue weighted by Crippen LogP contribution is 2.15. The fourth-order valence-corrected chi connectivity index (χ4v) is 1.95. The number of amides is 2. The summed E-state index contributed by atoms with van der Waals surface area (Å²) in [6.07, 6.45) is 1.64. The molecule has 1 heterocycles. The summed E-state index contributed by atoms with van der Waals surface area (Å²) in [5.41, 5.74) is 0.774. The maximum Gasteiger partial charge on any atom is 0.287 e. The van der Waals surface area contributed by atoms with Crippen LogP contribution in [0.3, 0.4) is 0 Å². The third-order valence-electron chi connectivity index (χ3n) is 2.79. The first-order valence-electron chi connectivity index (χ1n) is 6.48. The summed E-state index contributed by atoms with van der Waals surface area (Å²) in [6.45, 7) is 0.670. The number of rotatable bonds is 6. The lowest BCUT2D eigenvalue weighted by molar-refractivity contribution is -0.120. The van der Waals surface area contributed by atoms with Crippen molar-refractivity contribution in [2.45, 2.75) is 6.42 Å². The minimum absolute atomic E-state index is 0.143. The van der Waals surface area contributed by atoms with Gasteiger partial charge in [-0.1, -0.05) is 29.8 Å². The number of halogens is 1. The van der Waals surface area contributed by atoms with Crippen LogP contribution in [0.1, 0.15) is 16.1 Å². The first-order valence-corrected chi connectivity index (χ1v) is 6.86. The van der Waals surface area contributed by atoms with Gasteiger partial charge < -0.3 is 15.1 Å². The zero-order valence-corrected chi connectivity index (χ0v) is 12.0. The predicted octanol–water partition coefficient (Wildman–Crippen LogP) is 2.02. The van der Waals surface area contributed by atoms with Gasteiger partial charge in [-0.15, -0.1) is 0 Å². The van der Waals surface area contributed by atoms with Crippen LogP contribution < -0.4 is 10.6 Å². The molecule has 0 atom stereocenters. The molecule has 2 N–H and O–H groups in total. The van der Waals surface area contributed by atoms with Crippen molar-refractivity contribution in [1.82, 2.24) is 10.6 Å². The zero-order valence-electron chi connectivity index (χ0n) is 11.3. The zero-order chi connectivity index (χ0) is 15.1. The van der Waals surface area contributed by atoms with Crippen LogP contribution in [0.5, 0.6) is 0 Å². The van der Waals surface area contributed by atoms with Crippen LogP contribution >= 0.6 is 11.6 Å². The van der Waals surface area contributed by atoms with Crippen molar-refractivity contribution in [1.29, 1.82) is 0 Å². The molecule has 5 nitrogen and oxygen atoms in total. The molecule has 2 aromatic rings. The lowest BCUT2D eigenvalue weighted by Gasteiger charge is -2.07. The highest BCUT2D eigenvalue weighted by molar-refractivity contribution is 6.31. The molecule has 0 unspecified atom stereocenters. The summed E-state index contributed by atoms with van der Waals surface area (Å²) < 4.78 is 4.95. The van der Waals surface area contributed by atoms with E-state index in [1.807, 2.05) is 12.1 Å². The third-order valence-corrected chi connectivity index (χ3v) is 3.16. The molecule has 1 aromatic heterocycles. The van der Waals surface area contributed by atoms with E-state index < -0.39 is 0 Å². The molecular formula is C15H15ClN2O3. The van der Waals surface area contributed by atoms with Gasteiger partial charge in [-0.25, -0.2) is 0 Å². The second kappa shape index (κ2) is 7.50. The average molecular weight is 307 g/mol. The van der Waals surface area contributed by atoms with E-state index in [0.717, 1.165) is 5.56 Å². The Morgan fingerprint density at radius 2 is 1.81 bits per heavy atom. The maximum atomic E-state index is 11.7. The molecule has 0 fully saturated rings. The van der Waals surface area contributed by atoms with Gasteiger partial charge >= 0.3 is 0 Å². The van der Waals surface area contributed by atoms with Crippen molar-refractivity contribution in [3.63, 3.8) is 0 Å². The van der Waals surface area contributed by atoms with Crippen LogP contribution in [0.4, 0.5) is 0 Å². The fraction of sp³-hybridized carbons (Fsp3) is 0.200. The minimum Gasteiger partial charge on any atom is -0.459 e. The third kappa shape index (κ3) is 4.65. The van der Waals surface area contributed by atoms with Crippen LogP contribution in [-0.2, 0) is 11.2 Å². The van der Waals surface area contributed by atoms with Crippen molar-refractivity contribution in [2.75, 3.05) is 13.1 Å². The summed E-state index contributed by atoms with van der Waals surface area (Å²) in [6, 6.07) is 10.4. The van der Waals surface area contributed by atoms with Crippen molar-refractivity contribution < 1.29 is 14.0 Å². The van der Waals surface area contributed by atoms with E-state index in [9.17, 15) is 9.59 Å². The van der Waals surface area contributed by atoms with E-state index in [1.165, 1.54) is 6.26 Å². The first kappa shape index (κ1) is 15.1. The van der Waals surface area contributed by atoms with Gasteiger partial charge in [0.05, 0.1) is 12.7 Å². The fourth-order valence-electron chi connectivity index (χ4n) is 1.75. The Morgan fingerprint density at radius 3 is 2.52 bits per heavy atom. The molecule has 0 bridgehead atoms. The molecule has 2 rings (SSSR count). The molecule has 0 aliphatic carbocycles. The van der Waals surface area contributed by atoms with Gasteiger partial charge in [-0.3, -0.25) is 9.59 Å². The summed E-state index contributed by atoms with van der Waals surface area (Å²) in [7, 11) is 0. The van der Waals surface area contributed by atoms with E-state index in [0.29, 0.717) is 18.1 Å². The number of carbonyl (C=O) groups is 2. The summed E-state index contributed by atoms with van der Waals surface area (Å²) in [5.74, 6) is -0.201. The monoisotopic (exact) mass is 306 g/mol. The lowest BCUT2D eigenvalue weighted by atomic mass is 10.1. The predicted molar refractivity (Wildman–Crippen MR) is 79.2 cm³/mol. The van der Waals surface area contributed by atoms with Gasteiger partial charge in [-0.05, 0) is 23.8 Å². The van der Waals surface area contributed by atoms with Crippen LogP contribution in [0, 0.1) is 0 Å². The average Bonchev–Trinajstić information content (AvgIpc) is 3.00. The second-order valence-electron chi connectivity index (χ2n) is 4.35. The van der Waals surface area contributed by atoms with Crippen molar-refractivity contribution in [3.8, 4) is 0 Å². The molecule has 0 spiro atoms. The molecular weight excluding hydrogens is 292 g/mol. The number of hydrogen-bond acceptors (Lipinski definition) is 3. The standard InChI is InChI=1S/C15H15ClN2O3/c16-12-5-2-1-4-11(12)10-14(19)17-7-8-18-15(20)13-6-3-9-21-13/h1-6,9H,7-8,10H2,(H,17,19)(H,18,20). The Morgan fingerprint density at radius 1 is 1.05 bits per heavy atom. The number of benzene rings is 1. The van der Waals surface area contributed by atoms with Gasteiger partial charge in [0.2, 0.25) is 5.91 Å². The summed E-state index contributed by atoms with van der Waals surface area (Å²) in [5, 5.41) is 5.93.